The molecule has 14 heavy (non-hydrogen) atoms. The molecule has 1 saturated heterocycles. The molecular weight excluding hydrogens is 194 g/mol. The van der Waals surface area contributed by atoms with Gasteiger partial charge in [0.2, 0.25) is 0 Å². The molecule has 0 saturated carbocycles. The van der Waals surface area contributed by atoms with Crippen LogP contribution in [0.4, 0.5) is 5.69 Å². The lowest BCUT2D eigenvalue weighted by Crippen LogP contribution is -2.34. The molecule has 1 aliphatic rings. The number of piperidine rings is 1. The molecule has 0 spiro atoms. The number of nitrogens with zero attached hydrogens (tertiary/aromatic N) is 1. The minimum atomic E-state index is 0.818. The molecule has 2 rings (SSSR count). The first-order valence-corrected chi connectivity index (χ1v) is 5.64. The Labute approximate surface area is 90.7 Å². The Morgan fingerprint density at radius 2 is 2.00 bits per heavy atom. The number of halogens is 1. The topological polar surface area (TPSA) is 3.24 Å². The van der Waals surface area contributed by atoms with E-state index in [-0.39, 0.29) is 0 Å². The van der Waals surface area contributed by atoms with Gasteiger partial charge in [0.1, 0.15) is 0 Å². The summed E-state index contributed by atoms with van der Waals surface area (Å²) in [5, 5.41) is 0.818. The molecule has 0 aromatic heterocycles. The third-order valence-electron chi connectivity index (χ3n) is 2.85. The Balaban J connectivity index is 2.10. The van der Waals surface area contributed by atoms with E-state index in [2.05, 4.69) is 24.0 Å². The highest BCUT2D eigenvalue weighted by Gasteiger charge is 2.15. The summed E-state index contributed by atoms with van der Waals surface area (Å²) in [4.78, 5) is 2.45. The quantitative estimate of drug-likeness (QED) is 0.684. The van der Waals surface area contributed by atoms with Crippen LogP contribution in [0.15, 0.2) is 24.3 Å². The highest BCUT2D eigenvalue weighted by Crippen LogP contribution is 2.23. The second-order valence-corrected chi connectivity index (χ2v) is 4.61. The van der Waals surface area contributed by atoms with E-state index in [0.29, 0.717) is 0 Å². The van der Waals surface area contributed by atoms with E-state index in [0.717, 1.165) is 10.9 Å². The molecule has 0 radical (unpaired) electrons. The van der Waals surface area contributed by atoms with E-state index >= 15 is 0 Å². The fourth-order valence-corrected chi connectivity index (χ4v) is 2.20. The van der Waals surface area contributed by atoms with Gasteiger partial charge in [0.25, 0.3) is 0 Å². The van der Waals surface area contributed by atoms with Crippen LogP contribution in [0.3, 0.4) is 0 Å². The van der Waals surface area contributed by atoms with E-state index in [1.807, 2.05) is 12.1 Å². The molecular formula is C12H16ClN. The van der Waals surface area contributed by atoms with Crippen LogP contribution >= 0.6 is 11.6 Å². The van der Waals surface area contributed by atoms with Crippen LogP contribution in [0, 0.1) is 5.92 Å². The summed E-state index contributed by atoms with van der Waals surface area (Å²) in [6.07, 6.45) is 2.67. The maximum atomic E-state index is 5.86. The molecule has 1 heterocycles. The number of anilines is 1. The molecule has 1 aromatic rings. The van der Waals surface area contributed by atoms with Crippen molar-refractivity contribution in [2.45, 2.75) is 19.8 Å². The first-order valence-electron chi connectivity index (χ1n) is 5.26. The summed E-state index contributed by atoms with van der Waals surface area (Å²) >= 11 is 5.86. The van der Waals surface area contributed by atoms with Crippen molar-refractivity contribution in [2.75, 3.05) is 18.0 Å². The van der Waals surface area contributed by atoms with Gasteiger partial charge >= 0.3 is 0 Å². The van der Waals surface area contributed by atoms with Gasteiger partial charge < -0.3 is 4.90 Å². The van der Waals surface area contributed by atoms with Crippen molar-refractivity contribution in [1.82, 2.24) is 0 Å². The Hall–Kier alpha value is -0.690. The fraction of sp³-hybridized carbons (Fsp3) is 0.500. The lowest BCUT2D eigenvalue weighted by atomic mass is 10.00. The molecule has 1 atom stereocenters. The zero-order chi connectivity index (χ0) is 9.97. The van der Waals surface area contributed by atoms with Crippen molar-refractivity contribution in [2.24, 2.45) is 5.92 Å². The van der Waals surface area contributed by atoms with Crippen molar-refractivity contribution in [3.8, 4) is 0 Å². The van der Waals surface area contributed by atoms with Crippen molar-refractivity contribution < 1.29 is 0 Å². The van der Waals surface area contributed by atoms with Crippen LogP contribution < -0.4 is 4.90 Å². The molecule has 0 unspecified atom stereocenters. The van der Waals surface area contributed by atoms with E-state index < -0.39 is 0 Å². The van der Waals surface area contributed by atoms with Gasteiger partial charge in [0, 0.05) is 23.8 Å². The molecule has 0 aliphatic carbocycles. The van der Waals surface area contributed by atoms with Crippen LogP contribution in [-0.2, 0) is 0 Å². The van der Waals surface area contributed by atoms with Gasteiger partial charge in [-0.15, -0.1) is 0 Å². The molecule has 1 aliphatic heterocycles. The van der Waals surface area contributed by atoms with Gasteiger partial charge in [0.05, 0.1) is 0 Å². The Morgan fingerprint density at radius 3 is 2.64 bits per heavy atom. The molecule has 1 aromatic carbocycles. The molecule has 1 fully saturated rings. The molecule has 76 valence electrons. The van der Waals surface area contributed by atoms with E-state index in [1.165, 1.54) is 31.6 Å². The molecule has 0 amide bonds. The summed E-state index contributed by atoms with van der Waals surface area (Å²) < 4.78 is 0. The van der Waals surface area contributed by atoms with Crippen LogP contribution in [-0.4, -0.2) is 13.1 Å². The monoisotopic (exact) mass is 209 g/mol. The minimum Gasteiger partial charge on any atom is -0.371 e. The number of hydrogen-bond acceptors (Lipinski definition) is 1. The second kappa shape index (κ2) is 4.22. The maximum absolute atomic E-state index is 5.86. The Bertz CT molecular complexity index is 294. The normalized spacial score (nSPS) is 22.4. The highest BCUT2D eigenvalue weighted by atomic mass is 35.5. The second-order valence-electron chi connectivity index (χ2n) is 4.17. The number of rotatable bonds is 1. The van der Waals surface area contributed by atoms with E-state index in [1.54, 1.807) is 0 Å². The molecule has 0 bridgehead atoms. The van der Waals surface area contributed by atoms with Crippen molar-refractivity contribution in [3.05, 3.63) is 29.3 Å². The third kappa shape index (κ3) is 2.21. The smallest absolute Gasteiger partial charge is 0.0407 e. The van der Waals surface area contributed by atoms with Crippen LogP contribution in [0.2, 0.25) is 5.02 Å². The van der Waals surface area contributed by atoms with Crippen molar-refractivity contribution in [3.63, 3.8) is 0 Å². The lowest BCUT2D eigenvalue weighted by molar-refractivity contribution is 0.447. The van der Waals surface area contributed by atoms with E-state index in [9.17, 15) is 0 Å². The van der Waals surface area contributed by atoms with Gasteiger partial charge in [-0.1, -0.05) is 18.5 Å². The molecule has 0 N–H and O–H groups in total. The SMILES string of the molecule is C[C@@H]1CCCN(c2ccc(Cl)cc2)C1. The lowest BCUT2D eigenvalue weighted by Gasteiger charge is -2.32. The van der Waals surface area contributed by atoms with Gasteiger partial charge in [-0.05, 0) is 43.0 Å². The average Bonchev–Trinajstić information content (AvgIpc) is 2.19. The average molecular weight is 210 g/mol. The minimum absolute atomic E-state index is 0.818. The standard InChI is InChI=1S/C12H16ClN/c1-10-3-2-8-14(9-10)12-6-4-11(13)5-7-12/h4-7,10H,2-3,8-9H2,1H3/t10-/m1/s1. The van der Waals surface area contributed by atoms with Crippen LogP contribution in [0.5, 0.6) is 0 Å². The van der Waals surface area contributed by atoms with Gasteiger partial charge in [-0.3, -0.25) is 0 Å². The van der Waals surface area contributed by atoms with Gasteiger partial charge in [0.15, 0.2) is 0 Å². The first-order chi connectivity index (χ1) is 6.75. The summed E-state index contributed by atoms with van der Waals surface area (Å²) in [5.41, 5.74) is 1.31. The zero-order valence-electron chi connectivity index (χ0n) is 8.54. The van der Waals surface area contributed by atoms with Crippen molar-refractivity contribution >= 4 is 17.3 Å². The van der Waals surface area contributed by atoms with E-state index in [4.69, 9.17) is 11.6 Å². The number of hydrogen-bond donors (Lipinski definition) is 0. The predicted octanol–water partition coefficient (Wildman–Crippen LogP) is 3.58. The predicted molar refractivity (Wildman–Crippen MR) is 62.1 cm³/mol. The van der Waals surface area contributed by atoms with Gasteiger partial charge in [-0.2, -0.15) is 0 Å². The van der Waals surface area contributed by atoms with Gasteiger partial charge in [-0.25, -0.2) is 0 Å². The number of benzene rings is 1. The third-order valence-corrected chi connectivity index (χ3v) is 3.10. The summed E-state index contributed by atoms with van der Waals surface area (Å²) in [7, 11) is 0. The highest BCUT2D eigenvalue weighted by molar-refractivity contribution is 6.30. The first kappa shape index (κ1) is 9.85. The summed E-state index contributed by atoms with van der Waals surface area (Å²) in [5.74, 6) is 0.819. The summed E-state index contributed by atoms with van der Waals surface area (Å²) in [6, 6.07) is 8.16. The maximum Gasteiger partial charge on any atom is 0.0407 e. The Morgan fingerprint density at radius 1 is 1.29 bits per heavy atom. The fourth-order valence-electron chi connectivity index (χ4n) is 2.08. The van der Waals surface area contributed by atoms with Crippen LogP contribution in [0.25, 0.3) is 0 Å². The van der Waals surface area contributed by atoms with Crippen LogP contribution in [0.1, 0.15) is 19.8 Å². The summed E-state index contributed by atoms with van der Waals surface area (Å²) in [6.45, 7) is 4.69. The zero-order valence-corrected chi connectivity index (χ0v) is 9.30. The Kier molecular flexibility index (Phi) is 2.97. The van der Waals surface area contributed by atoms with Crippen molar-refractivity contribution in [1.29, 1.82) is 0 Å². The molecule has 2 heteroatoms. The molecule has 1 nitrogen and oxygen atoms in total. The largest absolute Gasteiger partial charge is 0.371 e.